The van der Waals surface area contributed by atoms with Gasteiger partial charge in [0.2, 0.25) is 11.8 Å². The molecule has 2 aliphatic rings. The van der Waals surface area contributed by atoms with Gasteiger partial charge >= 0.3 is 0 Å². The molecule has 72 valence electrons. The maximum atomic E-state index is 11.5. The second kappa shape index (κ2) is 2.47. The van der Waals surface area contributed by atoms with E-state index in [2.05, 4.69) is 5.32 Å². The summed E-state index contributed by atoms with van der Waals surface area (Å²) in [6.07, 6.45) is 2.35. The van der Waals surface area contributed by atoms with Crippen LogP contribution < -0.4 is 11.1 Å². The molecule has 0 aliphatic heterocycles. The quantitative estimate of drug-likeness (QED) is 0.633. The molecule has 13 heavy (non-hydrogen) atoms. The molecule has 0 radical (unpaired) electrons. The number of carbonyl (C=O) groups is 2. The molecular formula is C9H14N2O2. The SMILES string of the molecule is C[C@H]1C[C@@H]1C(=O)NC1(C(N)=O)CC1. The largest absolute Gasteiger partial charge is 0.368 e. The Kier molecular flexibility index (Phi) is 1.62. The van der Waals surface area contributed by atoms with Gasteiger partial charge in [-0.05, 0) is 25.2 Å². The molecule has 4 heteroatoms. The Hall–Kier alpha value is -1.06. The second-order valence-electron chi connectivity index (χ2n) is 4.26. The van der Waals surface area contributed by atoms with Crippen LogP contribution in [0.25, 0.3) is 0 Å². The molecule has 0 heterocycles. The number of hydrogen-bond acceptors (Lipinski definition) is 2. The normalized spacial score (nSPS) is 33.6. The van der Waals surface area contributed by atoms with Crippen molar-refractivity contribution < 1.29 is 9.59 Å². The van der Waals surface area contributed by atoms with Crippen molar-refractivity contribution in [1.82, 2.24) is 5.32 Å². The number of carbonyl (C=O) groups excluding carboxylic acids is 2. The van der Waals surface area contributed by atoms with Crippen molar-refractivity contribution in [3.05, 3.63) is 0 Å². The van der Waals surface area contributed by atoms with Gasteiger partial charge in [0.05, 0.1) is 0 Å². The first-order valence-electron chi connectivity index (χ1n) is 4.67. The van der Waals surface area contributed by atoms with Crippen LogP contribution in [-0.4, -0.2) is 17.4 Å². The highest BCUT2D eigenvalue weighted by molar-refractivity contribution is 5.94. The fraction of sp³-hybridized carbons (Fsp3) is 0.778. The van der Waals surface area contributed by atoms with E-state index < -0.39 is 11.4 Å². The average molecular weight is 182 g/mol. The van der Waals surface area contributed by atoms with E-state index in [0.717, 1.165) is 6.42 Å². The lowest BCUT2D eigenvalue weighted by Crippen LogP contribution is -2.47. The van der Waals surface area contributed by atoms with Crippen molar-refractivity contribution in [2.24, 2.45) is 17.6 Å². The third kappa shape index (κ3) is 1.41. The van der Waals surface area contributed by atoms with Gasteiger partial charge in [-0.2, -0.15) is 0 Å². The van der Waals surface area contributed by atoms with E-state index in [0.29, 0.717) is 18.8 Å². The molecule has 2 saturated carbocycles. The predicted molar refractivity (Wildman–Crippen MR) is 46.6 cm³/mol. The Labute approximate surface area is 76.9 Å². The Morgan fingerprint density at radius 1 is 1.46 bits per heavy atom. The van der Waals surface area contributed by atoms with Crippen LogP contribution in [0.4, 0.5) is 0 Å². The summed E-state index contributed by atoms with van der Waals surface area (Å²) in [5, 5.41) is 2.75. The van der Waals surface area contributed by atoms with Crippen LogP contribution in [0.15, 0.2) is 0 Å². The van der Waals surface area contributed by atoms with Gasteiger partial charge in [-0.3, -0.25) is 9.59 Å². The van der Waals surface area contributed by atoms with Crippen molar-refractivity contribution in [1.29, 1.82) is 0 Å². The number of nitrogens with one attached hydrogen (secondary N) is 1. The van der Waals surface area contributed by atoms with Crippen molar-refractivity contribution in [3.63, 3.8) is 0 Å². The zero-order valence-electron chi connectivity index (χ0n) is 7.67. The van der Waals surface area contributed by atoms with Gasteiger partial charge in [0, 0.05) is 5.92 Å². The Morgan fingerprint density at radius 2 is 2.00 bits per heavy atom. The minimum atomic E-state index is -0.681. The lowest BCUT2D eigenvalue weighted by molar-refractivity contribution is -0.129. The third-order valence-corrected chi connectivity index (χ3v) is 3.03. The van der Waals surface area contributed by atoms with Gasteiger partial charge < -0.3 is 11.1 Å². The Morgan fingerprint density at radius 3 is 2.31 bits per heavy atom. The second-order valence-corrected chi connectivity index (χ2v) is 4.26. The summed E-state index contributed by atoms with van der Waals surface area (Å²) in [6.45, 7) is 2.04. The first-order chi connectivity index (χ1) is 6.05. The fourth-order valence-electron chi connectivity index (χ4n) is 1.57. The zero-order valence-corrected chi connectivity index (χ0v) is 7.67. The molecule has 2 atom stereocenters. The lowest BCUT2D eigenvalue weighted by Gasteiger charge is -2.12. The van der Waals surface area contributed by atoms with Gasteiger partial charge in [0.25, 0.3) is 0 Å². The third-order valence-electron chi connectivity index (χ3n) is 3.03. The van der Waals surface area contributed by atoms with Crippen LogP contribution in [0.2, 0.25) is 0 Å². The van der Waals surface area contributed by atoms with Crippen LogP contribution in [0, 0.1) is 11.8 Å². The first kappa shape index (κ1) is 8.53. The average Bonchev–Trinajstić information content (AvgIpc) is 2.87. The number of amides is 2. The molecule has 4 nitrogen and oxygen atoms in total. The minimum absolute atomic E-state index is 0.00352. The molecule has 0 spiro atoms. The van der Waals surface area contributed by atoms with Gasteiger partial charge in [-0.1, -0.05) is 6.92 Å². The summed E-state index contributed by atoms with van der Waals surface area (Å²) in [5.74, 6) is 0.207. The van der Waals surface area contributed by atoms with Gasteiger partial charge in [0.15, 0.2) is 0 Å². The summed E-state index contributed by atoms with van der Waals surface area (Å²) in [6, 6.07) is 0. The van der Waals surface area contributed by atoms with Crippen molar-refractivity contribution >= 4 is 11.8 Å². The minimum Gasteiger partial charge on any atom is -0.368 e. The molecule has 0 aromatic carbocycles. The van der Waals surface area contributed by atoms with Crippen LogP contribution in [0.3, 0.4) is 0 Å². The predicted octanol–water partition coefficient (Wildman–Crippen LogP) is -0.224. The van der Waals surface area contributed by atoms with Gasteiger partial charge in [-0.25, -0.2) is 0 Å². The van der Waals surface area contributed by atoms with E-state index in [4.69, 9.17) is 5.73 Å². The first-order valence-corrected chi connectivity index (χ1v) is 4.67. The summed E-state index contributed by atoms with van der Waals surface area (Å²) < 4.78 is 0. The van der Waals surface area contributed by atoms with Crippen LogP contribution in [0.5, 0.6) is 0 Å². The molecule has 0 unspecified atom stereocenters. The molecule has 2 aliphatic carbocycles. The molecular weight excluding hydrogens is 168 g/mol. The summed E-state index contributed by atoms with van der Waals surface area (Å²) in [4.78, 5) is 22.4. The molecule has 0 aromatic heterocycles. The molecule has 0 saturated heterocycles. The molecule has 0 bridgehead atoms. The summed E-state index contributed by atoms with van der Waals surface area (Å²) in [7, 11) is 0. The highest BCUT2D eigenvalue weighted by Crippen LogP contribution is 2.41. The monoisotopic (exact) mass is 182 g/mol. The van der Waals surface area contributed by atoms with E-state index in [1.54, 1.807) is 0 Å². The highest BCUT2D eigenvalue weighted by atomic mass is 16.2. The summed E-state index contributed by atoms with van der Waals surface area (Å²) in [5.41, 5.74) is 4.50. The topological polar surface area (TPSA) is 72.2 Å². The molecule has 2 rings (SSSR count). The molecule has 3 N–H and O–H groups in total. The van der Waals surface area contributed by atoms with E-state index in [1.807, 2.05) is 6.92 Å². The molecule has 2 fully saturated rings. The van der Waals surface area contributed by atoms with E-state index in [-0.39, 0.29) is 11.8 Å². The highest BCUT2D eigenvalue weighted by Gasteiger charge is 2.52. The van der Waals surface area contributed by atoms with Gasteiger partial charge in [0.1, 0.15) is 5.54 Å². The lowest BCUT2D eigenvalue weighted by atomic mass is 10.2. The zero-order chi connectivity index (χ0) is 9.64. The van der Waals surface area contributed by atoms with Crippen LogP contribution in [0.1, 0.15) is 26.2 Å². The number of primary amides is 1. The van der Waals surface area contributed by atoms with E-state index in [1.165, 1.54) is 0 Å². The van der Waals surface area contributed by atoms with Crippen molar-refractivity contribution in [2.75, 3.05) is 0 Å². The van der Waals surface area contributed by atoms with Crippen molar-refractivity contribution in [3.8, 4) is 0 Å². The molecule has 0 aromatic rings. The smallest absolute Gasteiger partial charge is 0.243 e. The number of hydrogen-bond donors (Lipinski definition) is 2. The Bertz CT molecular complexity index is 271. The summed E-state index contributed by atoms with van der Waals surface area (Å²) >= 11 is 0. The van der Waals surface area contributed by atoms with Crippen LogP contribution >= 0.6 is 0 Å². The number of nitrogens with two attached hydrogens (primary N) is 1. The van der Waals surface area contributed by atoms with Crippen molar-refractivity contribution in [2.45, 2.75) is 31.7 Å². The van der Waals surface area contributed by atoms with E-state index in [9.17, 15) is 9.59 Å². The maximum absolute atomic E-state index is 11.5. The maximum Gasteiger partial charge on any atom is 0.243 e. The number of rotatable bonds is 3. The fourth-order valence-corrected chi connectivity index (χ4v) is 1.57. The Balaban J connectivity index is 1.91. The van der Waals surface area contributed by atoms with E-state index >= 15 is 0 Å². The standard InChI is InChI=1S/C9H14N2O2/c1-5-4-6(5)7(12)11-9(2-3-9)8(10)13/h5-6H,2-4H2,1H3,(H2,10,13)(H,11,12)/t5-,6-/m0/s1. The molecule has 2 amide bonds. The van der Waals surface area contributed by atoms with Gasteiger partial charge in [-0.15, -0.1) is 0 Å². The van der Waals surface area contributed by atoms with Crippen LogP contribution in [-0.2, 0) is 9.59 Å².